The van der Waals surface area contributed by atoms with Crippen LogP contribution >= 0.6 is 27.3 Å². The van der Waals surface area contributed by atoms with Crippen molar-refractivity contribution < 1.29 is 8.78 Å². The average molecular weight is 383 g/mol. The first-order valence-corrected chi connectivity index (χ1v) is 8.20. The van der Waals surface area contributed by atoms with Crippen molar-refractivity contribution in [1.29, 1.82) is 0 Å². The lowest BCUT2D eigenvalue weighted by Crippen LogP contribution is -2.30. The zero-order valence-electron chi connectivity index (χ0n) is 11.1. The lowest BCUT2D eigenvalue weighted by Gasteiger charge is -2.28. The predicted molar refractivity (Wildman–Crippen MR) is 85.7 cm³/mol. The summed E-state index contributed by atoms with van der Waals surface area (Å²) in [4.78, 5) is 6.59. The van der Waals surface area contributed by atoms with Crippen molar-refractivity contribution in [1.82, 2.24) is 10.2 Å². The summed E-state index contributed by atoms with van der Waals surface area (Å²) < 4.78 is 26.5. The maximum atomic E-state index is 12.8. The van der Waals surface area contributed by atoms with Crippen molar-refractivity contribution in [2.24, 2.45) is 4.99 Å². The van der Waals surface area contributed by atoms with Gasteiger partial charge in [0, 0.05) is 22.2 Å². The number of aromatic nitrogens is 2. The van der Waals surface area contributed by atoms with Crippen LogP contribution in [-0.2, 0) is 0 Å². The van der Waals surface area contributed by atoms with Crippen LogP contribution in [0.4, 0.5) is 14.5 Å². The highest BCUT2D eigenvalue weighted by atomic mass is 79.9. The molecule has 1 aromatic carbocycles. The highest BCUT2D eigenvalue weighted by molar-refractivity contribution is 9.10. The van der Waals surface area contributed by atoms with Gasteiger partial charge in [0.15, 0.2) is 5.01 Å². The fourth-order valence-corrected chi connectivity index (χ4v) is 3.95. The Labute approximate surface area is 137 Å². The molecule has 2 aliphatic heterocycles. The van der Waals surface area contributed by atoms with Crippen molar-refractivity contribution in [2.75, 3.05) is 18.0 Å². The van der Waals surface area contributed by atoms with E-state index in [1.165, 1.54) is 0 Å². The molecule has 2 aliphatic rings. The fourth-order valence-electron chi connectivity index (χ4n) is 2.64. The number of rotatable bonds is 2. The molecule has 0 aliphatic carbocycles. The van der Waals surface area contributed by atoms with Crippen LogP contribution in [0.5, 0.6) is 0 Å². The maximum absolute atomic E-state index is 12.8. The van der Waals surface area contributed by atoms with E-state index in [2.05, 4.69) is 36.0 Å². The van der Waals surface area contributed by atoms with Crippen molar-refractivity contribution >= 4 is 44.4 Å². The number of benzene rings is 1. The van der Waals surface area contributed by atoms with Crippen LogP contribution in [0.25, 0.3) is 5.57 Å². The largest absolute Gasteiger partial charge is 0.323 e. The van der Waals surface area contributed by atoms with E-state index in [1.807, 2.05) is 24.3 Å². The van der Waals surface area contributed by atoms with Gasteiger partial charge in [0.05, 0.1) is 12.2 Å². The molecular weight excluding hydrogens is 374 g/mol. The summed E-state index contributed by atoms with van der Waals surface area (Å²) >= 11 is 4.49. The van der Waals surface area contributed by atoms with Gasteiger partial charge >= 0.3 is 0 Å². The molecule has 0 bridgehead atoms. The molecule has 0 saturated carbocycles. The number of halogens is 3. The van der Waals surface area contributed by atoms with Crippen LogP contribution in [0.2, 0.25) is 0 Å². The number of anilines is 1. The Morgan fingerprint density at radius 2 is 2.14 bits per heavy atom. The van der Waals surface area contributed by atoms with E-state index in [1.54, 1.807) is 0 Å². The molecule has 4 rings (SSSR count). The van der Waals surface area contributed by atoms with Gasteiger partial charge in [0.1, 0.15) is 10.8 Å². The second-order valence-electron chi connectivity index (χ2n) is 4.83. The smallest absolute Gasteiger partial charge is 0.291 e. The molecule has 8 heteroatoms. The first kappa shape index (κ1) is 14.0. The van der Waals surface area contributed by atoms with E-state index >= 15 is 0 Å². The third kappa shape index (κ3) is 2.09. The number of fused-ring (bicyclic) bond motifs is 3. The summed E-state index contributed by atoms with van der Waals surface area (Å²) in [6.07, 6.45) is -0.699. The Morgan fingerprint density at radius 3 is 2.91 bits per heavy atom. The highest BCUT2D eigenvalue weighted by Gasteiger charge is 2.30. The monoisotopic (exact) mass is 382 g/mol. The van der Waals surface area contributed by atoms with Gasteiger partial charge < -0.3 is 4.90 Å². The Morgan fingerprint density at radius 1 is 1.27 bits per heavy atom. The number of hydrogen-bond acceptors (Lipinski definition) is 5. The maximum Gasteiger partial charge on any atom is 0.291 e. The molecule has 0 spiro atoms. The minimum atomic E-state index is -2.60. The van der Waals surface area contributed by atoms with Crippen molar-refractivity contribution in [3.63, 3.8) is 0 Å². The number of alkyl halides is 2. The Bertz CT molecular complexity index is 815. The highest BCUT2D eigenvalue weighted by Crippen LogP contribution is 2.42. The van der Waals surface area contributed by atoms with Crippen LogP contribution in [0.15, 0.2) is 33.7 Å². The molecule has 0 unspecified atom stereocenters. The zero-order chi connectivity index (χ0) is 15.3. The quantitative estimate of drug-likeness (QED) is 0.790. The van der Waals surface area contributed by atoms with Crippen molar-refractivity contribution in [3.8, 4) is 0 Å². The predicted octanol–water partition coefficient (Wildman–Crippen LogP) is 3.90. The summed E-state index contributed by atoms with van der Waals surface area (Å²) in [6.45, 7) is 1.53. The molecule has 0 saturated heterocycles. The number of amidine groups is 1. The minimum Gasteiger partial charge on any atom is -0.323 e. The Hall–Kier alpha value is -1.67. The first-order valence-electron chi connectivity index (χ1n) is 6.59. The lowest BCUT2D eigenvalue weighted by molar-refractivity contribution is 0.150. The molecule has 22 heavy (non-hydrogen) atoms. The second kappa shape index (κ2) is 5.20. The van der Waals surface area contributed by atoms with Crippen LogP contribution in [0.1, 0.15) is 22.0 Å². The molecule has 0 amide bonds. The molecule has 2 aromatic rings. The third-order valence-electron chi connectivity index (χ3n) is 3.55. The number of aliphatic imine (C=N–C) groups is 1. The van der Waals surface area contributed by atoms with Gasteiger partial charge in [0.25, 0.3) is 6.43 Å². The van der Waals surface area contributed by atoms with Crippen molar-refractivity contribution in [3.05, 3.63) is 44.3 Å². The van der Waals surface area contributed by atoms with Crippen molar-refractivity contribution in [2.45, 2.75) is 6.43 Å². The normalized spacial score (nSPS) is 16.5. The van der Waals surface area contributed by atoms with Crippen LogP contribution in [-0.4, -0.2) is 29.1 Å². The van der Waals surface area contributed by atoms with E-state index in [4.69, 9.17) is 0 Å². The van der Waals surface area contributed by atoms with Gasteiger partial charge in [-0.3, -0.25) is 4.99 Å². The molecule has 4 nitrogen and oxygen atoms in total. The molecule has 1 aromatic heterocycles. The van der Waals surface area contributed by atoms with Gasteiger partial charge in [-0.05, 0) is 28.1 Å². The van der Waals surface area contributed by atoms with Gasteiger partial charge in [-0.25, -0.2) is 8.78 Å². The fraction of sp³-hybridized carbons (Fsp3) is 0.214. The van der Waals surface area contributed by atoms with E-state index in [0.717, 1.165) is 51.6 Å². The molecule has 0 N–H and O–H groups in total. The van der Waals surface area contributed by atoms with E-state index in [0.29, 0.717) is 5.01 Å². The molecule has 0 atom stereocenters. The Balaban J connectivity index is 1.90. The summed E-state index contributed by atoms with van der Waals surface area (Å²) in [7, 11) is 0. The van der Waals surface area contributed by atoms with E-state index in [-0.39, 0.29) is 5.01 Å². The average Bonchev–Trinajstić information content (AvgIpc) is 3.15. The van der Waals surface area contributed by atoms with Gasteiger partial charge in [-0.15, -0.1) is 10.2 Å². The lowest BCUT2D eigenvalue weighted by atomic mass is 9.99. The summed E-state index contributed by atoms with van der Waals surface area (Å²) in [5.74, 6) is 0.836. The van der Waals surface area contributed by atoms with Crippen LogP contribution in [0.3, 0.4) is 0 Å². The van der Waals surface area contributed by atoms with Crippen LogP contribution in [0, 0.1) is 0 Å². The number of nitrogens with zero attached hydrogens (tertiary/aromatic N) is 4. The SMILES string of the molecule is FC(F)c1nnc(C2=CC3=NCCN3c3c(Br)cccc32)s1. The van der Waals surface area contributed by atoms with Gasteiger partial charge in [-0.1, -0.05) is 23.5 Å². The van der Waals surface area contributed by atoms with E-state index < -0.39 is 6.43 Å². The minimum absolute atomic E-state index is 0.261. The molecule has 112 valence electrons. The van der Waals surface area contributed by atoms with Gasteiger partial charge in [-0.2, -0.15) is 0 Å². The standard InChI is InChI=1S/C14H9BrF2N4S/c15-9-3-1-2-7-8(13-19-20-14(22-13)12(16)17)6-10-18-4-5-21(10)11(7)9/h1-3,6,12H,4-5H2. The topological polar surface area (TPSA) is 41.4 Å². The summed E-state index contributed by atoms with van der Waals surface area (Å²) in [5, 5.41) is 7.75. The molecule has 0 radical (unpaired) electrons. The summed E-state index contributed by atoms with van der Waals surface area (Å²) in [5.41, 5.74) is 2.75. The number of para-hydroxylation sites is 1. The number of hydrogen-bond donors (Lipinski definition) is 0. The van der Waals surface area contributed by atoms with Gasteiger partial charge in [0.2, 0.25) is 0 Å². The Kier molecular flexibility index (Phi) is 3.30. The third-order valence-corrected chi connectivity index (χ3v) is 5.16. The van der Waals surface area contributed by atoms with E-state index in [9.17, 15) is 8.78 Å². The second-order valence-corrected chi connectivity index (χ2v) is 6.70. The summed E-state index contributed by atoms with van der Waals surface area (Å²) in [6, 6.07) is 5.84. The molecule has 3 heterocycles. The zero-order valence-corrected chi connectivity index (χ0v) is 13.5. The molecular formula is C14H9BrF2N4S. The van der Waals surface area contributed by atoms with Crippen LogP contribution < -0.4 is 4.90 Å². The first-order chi connectivity index (χ1) is 10.6. The molecule has 0 fully saturated rings.